The van der Waals surface area contributed by atoms with E-state index >= 15 is 0 Å². The molecule has 0 spiro atoms. The van der Waals surface area contributed by atoms with Crippen molar-refractivity contribution in [3.05, 3.63) is 42.6 Å². The summed E-state index contributed by atoms with van der Waals surface area (Å²) in [6.07, 6.45) is 3.30. The average molecular weight is 338 g/mol. The van der Waals surface area contributed by atoms with Gasteiger partial charge in [-0.2, -0.15) is 13.2 Å². The number of nitrogens with zero attached hydrogens (tertiary/aromatic N) is 4. The third-order valence-electron chi connectivity index (χ3n) is 3.92. The zero-order valence-corrected chi connectivity index (χ0v) is 12.9. The van der Waals surface area contributed by atoms with Gasteiger partial charge in [0.25, 0.3) is 0 Å². The molecular weight excluding hydrogens is 321 g/mol. The Balaban J connectivity index is 1.63. The normalized spacial score (nSPS) is 18.5. The molecule has 0 aromatic carbocycles. The zero-order valence-electron chi connectivity index (χ0n) is 12.9. The summed E-state index contributed by atoms with van der Waals surface area (Å²) in [4.78, 5) is 13.3. The summed E-state index contributed by atoms with van der Waals surface area (Å²) in [5.41, 5.74) is -0.320. The first-order chi connectivity index (χ1) is 11.5. The summed E-state index contributed by atoms with van der Waals surface area (Å²) < 4.78 is 44.0. The highest BCUT2D eigenvalue weighted by Gasteiger charge is 2.33. The van der Waals surface area contributed by atoms with E-state index in [1.807, 2.05) is 4.90 Å². The van der Waals surface area contributed by atoms with Crippen LogP contribution in [0.3, 0.4) is 0 Å². The van der Waals surface area contributed by atoms with Crippen LogP contribution < -0.4 is 9.64 Å². The molecule has 0 N–H and O–H groups in total. The molecule has 3 rings (SSSR count). The fraction of sp³-hybridized carbons (Fsp3) is 0.438. The lowest BCUT2D eigenvalue weighted by atomic mass is 9.98. The average Bonchev–Trinajstić information content (AvgIpc) is 2.60. The molecule has 1 atom stereocenters. The van der Waals surface area contributed by atoms with Crippen molar-refractivity contribution in [2.24, 2.45) is 5.92 Å². The van der Waals surface area contributed by atoms with E-state index in [0.717, 1.165) is 25.5 Å². The van der Waals surface area contributed by atoms with Crippen LogP contribution in [-0.2, 0) is 6.18 Å². The largest absolute Gasteiger partial charge is 0.476 e. The first-order valence-electron chi connectivity index (χ1n) is 7.69. The quantitative estimate of drug-likeness (QED) is 0.857. The van der Waals surface area contributed by atoms with Crippen molar-refractivity contribution in [3.63, 3.8) is 0 Å². The second-order valence-electron chi connectivity index (χ2n) is 5.71. The molecule has 0 saturated carbocycles. The summed E-state index contributed by atoms with van der Waals surface area (Å²) in [5.74, 6) is 0.682. The van der Waals surface area contributed by atoms with Gasteiger partial charge in [0.2, 0.25) is 5.88 Å². The SMILES string of the molecule is FC(F)(F)c1cc(N2CCCC(COc3cnccn3)C2)ccn1. The standard InChI is InChI=1S/C16H17F3N4O/c17-16(18,19)14-8-13(3-4-21-14)23-7-1-2-12(10-23)11-24-15-9-20-5-6-22-15/h3-6,8-9,12H,1-2,7,10-11H2. The number of aromatic nitrogens is 3. The van der Waals surface area contributed by atoms with Crippen molar-refractivity contribution < 1.29 is 17.9 Å². The van der Waals surface area contributed by atoms with Gasteiger partial charge in [-0.25, -0.2) is 4.98 Å². The van der Waals surface area contributed by atoms with E-state index in [1.54, 1.807) is 24.7 Å². The Morgan fingerprint density at radius 3 is 2.83 bits per heavy atom. The van der Waals surface area contributed by atoms with Gasteiger partial charge in [0.05, 0.1) is 12.8 Å². The van der Waals surface area contributed by atoms with Crippen LogP contribution in [0.2, 0.25) is 0 Å². The summed E-state index contributed by atoms with van der Waals surface area (Å²) in [5, 5.41) is 0. The molecule has 1 aliphatic heterocycles. The van der Waals surface area contributed by atoms with Gasteiger partial charge in [0, 0.05) is 43.3 Å². The highest BCUT2D eigenvalue weighted by atomic mass is 19.4. The van der Waals surface area contributed by atoms with Gasteiger partial charge in [-0.15, -0.1) is 0 Å². The maximum absolute atomic E-state index is 12.8. The Labute approximate surface area is 137 Å². The van der Waals surface area contributed by atoms with Gasteiger partial charge >= 0.3 is 6.18 Å². The van der Waals surface area contributed by atoms with E-state index in [0.29, 0.717) is 24.7 Å². The van der Waals surface area contributed by atoms with Crippen molar-refractivity contribution in [1.29, 1.82) is 0 Å². The minimum atomic E-state index is -4.43. The molecule has 0 aliphatic carbocycles. The van der Waals surface area contributed by atoms with Crippen LogP contribution in [0.4, 0.5) is 18.9 Å². The topological polar surface area (TPSA) is 51.1 Å². The minimum Gasteiger partial charge on any atom is -0.476 e. The van der Waals surface area contributed by atoms with Gasteiger partial charge in [0.15, 0.2) is 0 Å². The number of pyridine rings is 1. The number of hydrogen-bond acceptors (Lipinski definition) is 5. The molecule has 1 unspecified atom stereocenters. The van der Waals surface area contributed by atoms with E-state index in [2.05, 4.69) is 15.0 Å². The fourth-order valence-corrected chi connectivity index (χ4v) is 2.77. The third-order valence-corrected chi connectivity index (χ3v) is 3.92. The summed E-state index contributed by atoms with van der Waals surface area (Å²) in [6, 6.07) is 2.72. The number of hydrogen-bond donors (Lipinski definition) is 0. The molecule has 8 heteroatoms. The minimum absolute atomic E-state index is 0.225. The Kier molecular flexibility index (Phi) is 4.82. The van der Waals surface area contributed by atoms with E-state index in [1.165, 1.54) is 6.20 Å². The van der Waals surface area contributed by atoms with Crippen LogP contribution in [0.25, 0.3) is 0 Å². The highest BCUT2D eigenvalue weighted by molar-refractivity contribution is 5.47. The van der Waals surface area contributed by atoms with Crippen molar-refractivity contribution in [1.82, 2.24) is 15.0 Å². The van der Waals surface area contributed by atoms with Gasteiger partial charge in [-0.3, -0.25) is 9.97 Å². The molecule has 24 heavy (non-hydrogen) atoms. The van der Waals surface area contributed by atoms with Crippen molar-refractivity contribution in [2.75, 3.05) is 24.6 Å². The number of anilines is 1. The molecule has 1 fully saturated rings. The first kappa shape index (κ1) is 16.5. The predicted molar refractivity (Wildman–Crippen MR) is 81.7 cm³/mol. The lowest BCUT2D eigenvalue weighted by Gasteiger charge is -2.34. The number of piperidine rings is 1. The lowest BCUT2D eigenvalue weighted by Crippen LogP contribution is -2.38. The van der Waals surface area contributed by atoms with Gasteiger partial charge in [0.1, 0.15) is 5.69 Å². The van der Waals surface area contributed by atoms with E-state index in [9.17, 15) is 13.2 Å². The van der Waals surface area contributed by atoms with Crippen LogP contribution in [0.5, 0.6) is 5.88 Å². The molecule has 0 amide bonds. The smallest absolute Gasteiger partial charge is 0.433 e. The Bertz CT molecular complexity index is 666. The third kappa shape index (κ3) is 4.12. The fourth-order valence-electron chi connectivity index (χ4n) is 2.77. The maximum atomic E-state index is 12.8. The Morgan fingerprint density at radius 1 is 1.21 bits per heavy atom. The second kappa shape index (κ2) is 7.02. The Hall–Kier alpha value is -2.38. The van der Waals surface area contributed by atoms with Gasteiger partial charge in [-0.05, 0) is 25.0 Å². The molecule has 1 saturated heterocycles. The molecular formula is C16H17F3N4O. The van der Waals surface area contributed by atoms with Crippen LogP contribution in [0.1, 0.15) is 18.5 Å². The molecule has 3 heterocycles. The number of halogens is 3. The molecule has 0 bridgehead atoms. The number of alkyl halides is 3. The summed E-state index contributed by atoms with van der Waals surface area (Å²) in [7, 11) is 0. The Morgan fingerprint density at radius 2 is 2.08 bits per heavy atom. The number of rotatable bonds is 4. The molecule has 128 valence electrons. The van der Waals surface area contributed by atoms with Crippen molar-refractivity contribution >= 4 is 5.69 Å². The van der Waals surface area contributed by atoms with Crippen LogP contribution >= 0.6 is 0 Å². The van der Waals surface area contributed by atoms with E-state index in [4.69, 9.17) is 4.74 Å². The predicted octanol–water partition coefficient (Wildman–Crippen LogP) is 3.19. The summed E-state index contributed by atoms with van der Waals surface area (Å²) >= 11 is 0. The molecule has 5 nitrogen and oxygen atoms in total. The summed E-state index contributed by atoms with van der Waals surface area (Å²) in [6.45, 7) is 1.83. The van der Waals surface area contributed by atoms with Crippen LogP contribution in [0, 0.1) is 5.92 Å². The second-order valence-corrected chi connectivity index (χ2v) is 5.71. The maximum Gasteiger partial charge on any atom is 0.433 e. The molecule has 2 aromatic heterocycles. The van der Waals surface area contributed by atoms with E-state index < -0.39 is 11.9 Å². The first-order valence-corrected chi connectivity index (χ1v) is 7.69. The van der Waals surface area contributed by atoms with Gasteiger partial charge < -0.3 is 9.64 Å². The lowest BCUT2D eigenvalue weighted by molar-refractivity contribution is -0.141. The number of ether oxygens (including phenoxy) is 1. The van der Waals surface area contributed by atoms with Gasteiger partial charge in [-0.1, -0.05) is 0 Å². The molecule has 2 aromatic rings. The van der Waals surface area contributed by atoms with E-state index in [-0.39, 0.29) is 5.92 Å². The van der Waals surface area contributed by atoms with Crippen molar-refractivity contribution in [3.8, 4) is 5.88 Å². The molecule has 1 aliphatic rings. The van der Waals surface area contributed by atoms with Crippen LogP contribution in [-0.4, -0.2) is 34.6 Å². The zero-order chi connectivity index (χ0) is 17.0. The highest BCUT2D eigenvalue weighted by Crippen LogP contribution is 2.31. The molecule has 0 radical (unpaired) electrons. The van der Waals surface area contributed by atoms with Crippen LogP contribution in [0.15, 0.2) is 36.9 Å². The van der Waals surface area contributed by atoms with Crippen molar-refractivity contribution in [2.45, 2.75) is 19.0 Å². The monoisotopic (exact) mass is 338 g/mol.